The van der Waals surface area contributed by atoms with Gasteiger partial charge in [-0.1, -0.05) is 30.3 Å². The molecule has 2 aromatic carbocycles. The first-order valence-corrected chi connectivity index (χ1v) is 16.6. The Balaban J connectivity index is 0.967. The molecule has 0 saturated carbocycles. The minimum absolute atomic E-state index is 0.181. The monoisotopic (exact) mass is 648 g/mol. The lowest BCUT2D eigenvalue weighted by atomic mass is 10.2. The van der Waals surface area contributed by atoms with Gasteiger partial charge in [0.25, 0.3) is 11.1 Å². The maximum atomic E-state index is 12.6. The number of thioether (sulfide) groups is 2. The Morgan fingerprint density at radius 2 is 1.50 bits per heavy atom. The minimum atomic E-state index is -0.186. The van der Waals surface area contributed by atoms with Crippen LogP contribution in [0.1, 0.15) is 34.3 Å². The van der Waals surface area contributed by atoms with Crippen LogP contribution in [-0.2, 0) is 23.7 Å². The number of H-pyrrole nitrogens is 3. The van der Waals surface area contributed by atoms with Gasteiger partial charge in [-0.2, -0.15) is 9.36 Å². The predicted octanol–water partition coefficient (Wildman–Crippen LogP) is 4.73. The highest BCUT2D eigenvalue weighted by atomic mass is 32.2. The van der Waals surface area contributed by atoms with Crippen molar-refractivity contribution in [3.63, 3.8) is 0 Å². The highest BCUT2D eigenvalue weighted by molar-refractivity contribution is 7.98. The summed E-state index contributed by atoms with van der Waals surface area (Å²) in [4.78, 5) is 52.4. The fourth-order valence-electron chi connectivity index (χ4n) is 4.94. The fourth-order valence-corrected chi connectivity index (χ4v) is 6.54. The van der Waals surface area contributed by atoms with Crippen LogP contribution < -0.4 is 11.1 Å². The number of imidazole rings is 1. The number of aryl methyl sites for hydroxylation is 1. The number of para-hydroxylation sites is 2. The molecule has 0 aliphatic heterocycles. The molecule has 0 fully saturated rings. The summed E-state index contributed by atoms with van der Waals surface area (Å²) in [6, 6.07) is 22.8. The molecule has 12 nitrogen and oxygen atoms in total. The standard InChI is InChI=1S/C32H28N10O2S2/c1-20-11-21(12-22-15-34-29(16-33-22)41-30(43)14-24(39-41)18-46-25-7-3-2-4-8-25)36-28(35-20)19-45-17-23-13-31(44)42(40-23)32-37-26-9-5-6-10-27(26)38-32/h2-11,13-16,39-40H,12,17-19H2,1H3,(H,37,38). The van der Waals surface area contributed by atoms with Gasteiger partial charge in [0, 0.05) is 52.0 Å². The van der Waals surface area contributed by atoms with E-state index in [2.05, 4.69) is 35.1 Å². The van der Waals surface area contributed by atoms with E-state index in [0.717, 1.165) is 44.4 Å². The number of benzene rings is 2. The summed E-state index contributed by atoms with van der Waals surface area (Å²) >= 11 is 3.26. The quantitative estimate of drug-likeness (QED) is 0.169. The first-order valence-electron chi connectivity index (χ1n) is 14.4. The van der Waals surface area contributed by atoms with Gasteiger partial charge in [-0.3, -0.25) is 24.8 Å². The SMILES string of the molecule is Cc1cc(Cc2cnc(-n3[nH]c(CSc4ccccc4)cc3=O)cn2)nc(CSCc2cc(=O)n(-c3nc4ccccc4[nH]3)[nH]2)n1. The third kappa shape index (κ3) is 6.72. The van der Waals surface area contributed by atoms with E-state index in [1.54, 1.807) is 48.1 Å². The molecule has 0 spiro atoms. The van der Waals surface area contributed by atoms with Crippen LogP contribution in [0, 0.1) is 6.92 Å². The van der Waals surface area contributed by atoms with Crippen molar-refractivity contribution in [3.8, 4) is 11.8 Å². The van der Waals surface area contributed by atoms with Crippen LogP contribution >= 0.6 is 23.5 Å². The molecule has 7 aromatic rings. The topological polar surface area (TPSA) is 156 Å². The second-order valence-electron chi connectivity index (χ2n) is 10.5. The first-order chi connectivity index (χ1) is 22.5. The Bertz CT molecular complexity index is 2200. The second kappa shape index (κ2) is 13.0. The molecule has 7 rings (SSSR count). The Hall–Kier alpha value is -5.21. The third-order valence-corrected chi connectivity index (χ3v) is 9.04. The molecule has 0 unspecified atom stereocenters. The lowest BCUT2D eigenvalue weighted by Crippen LogP contribution is -2.15. The highest BCUT2D eigenvalue weighted by Crippen LogP contribution is 2.21. The molecule has 0 radical (unpaired) electrons. The van der Waals surface area contributed by atoms with E-state index in [-0.39, 0.29) is 11.1 Å². The van der Waals surface area contributed by atoms with E-state index in [1.165, 1.54) is 9.36 Å². The average molecular weight is 649 g/mol. The minimum Gasteiger partial charge on any atom is -0.322 e. The molecule has 5 heterocycles. The van der Waals surface area contributed by atoms with Crippen molar-refractivity contribution >= 4 is 34.6 Å². The maximum Gasteiger partial charge on any atom is 0.274 e. The smallest absolute Gasteiger partial charge is 0.274 e. The summed E-state index contributed by atoms with van der Waals surface area (Å²) in [6.07, 6.45) is 3.72. The molecular weight excluding hydrogens is 621 g/mol. The number of hydrogen-bond donors (Lipinski definition) is 3. The Morgan fingerprint density at radius 3 is 2.30 bits per heavy atom. The number of fused-ring (bicyclic) bond motifs is 1. The van der Waals surface area contributed by atoms with Crippen molar-refractivity contribution in [2.24, 2.45) is 0 Å². The van der Waals surface area contributed by atoms with Crippen molar-refractivity contribution < 1.29 is 0 Å². The predicted molar refractivity (Wildman–Crippen MR) is 179 cm³/mol. The lowest BCUT2D eigenvalue weighted by Gasteiger charge is -2.07. The van der Waals surface area contributed by atoms with E-state index in [0.29, 0.717) is 41.3 Å². The average Bonchev–Trinajstić information content (AvgIpc) is 3.76. The van der Waals surface area contributed by atoms with Crippen molar-refractivity contribution in [1.82, 2.24) is 49.5 Å². The normalized spacial score (nSPS) is 11.4. The van der Waals surface area contributed by atoms with Crippen LogP contribution in [0.15, 0.2) is 99.7 Å². The van der Waals surface area contributed by atoms with Crippen LogP contribution in [0.2, 0.25) is 0 Å². The van der Waals surface area contributed by atoms with Gasteiger partial charge in [0.05, 0.1) is 40.6 Å². The van der Waals surface area contributed by atoms with Crippen molar-refractivity contribution in [2.45, 2.75) is 35.5 Å². The molecule has 0 aliphatic rings. The van der Waals surface area contributed by atoms with Crippen molar-refractivity contribution in [2.75, 3.05) is 0 Å². The fraction of sp³-hybridized carbons (Fsp3) is 0.156. The maximum absolute atomic E-state index is 12.6. The van der Waals surface area contributed by atoms with Gasteiger partial charge in [0.1, 0.15) is 5.82 Å². The molecule has 0 amide bonds. The lowest BCUT2D eigenvalue weighted by molar-refractivity contribution is 0.789. The number of hydrogen-bond acceptors (Lipinski definition) is 9. The molecular formula is C32H28N10O2S2. The molecule has 0 atom stereocenters. The molecule has 0 aliphatic carbocycles. The van der Waals surface area contributed by atoms with E-state index < -0.39 is 0 Å². The zero-order valence-corrected chi connectivity index (χ0v) is 26.3. The number of nitrogens with one attached hydrogen (secondary N) is 3. The third-order valence-electron chi connectivity index (χ3n) is 7.00. The van der Waals surface area contributed by atoms with E-state index in [9.17, 15) is 9.59 Å². The van der Waals surface area contributed by atoms with E-state index >= 15 is 0 Å². The largest absolute Gasteiger partial charge is 0.322 e. The van der Waals surface area contributed by atoms with Gasteiger partial charge in [0.15, 0.2) is 5.82 Å². The van der Waals surface area contributed by atoms with Crippen LogP contribution in [-0.4, -0.2) is 49.5 Å². The molecule has 0 bridgehead atoms. The van der Waals surface area contributed by atoms with Gasteiger partial charge in [-0.25, -0.2) is 19.9 Å². The Morgan fingerprint density at radius 1 is 0.739 bits per heavy atom. The molecule has 46 heavy (non-hydrogen) atoms. The number of aromatic amines is 3. The zero-order chi connectivity index (χ0) is 31.5. The number of aromatic nitrogens is 10. The molecule has 230 valence electrons. The Labute approximate surface area is 270 Å². The van der Waals surface area contributed by atoms with Gasteiger partial charge >= 0.3 is 0 Å². The van der Waals surface area contributed by atoms with Gasteiger partial charge < -0.3 is 4.98 Å². The highest BCUT2D eigenvalue weighted by Gasteiger charge is 2.12. The number of nitrogens with zero attached hydrogens (tertiary/aromatic N) is 7. The zero-order valence-electron chi connectivity index (χ0n) is 24.7. The molecule has 0 saturated heterocycles. The van der Waals surface area contributed by atoms with Crippen LogP contribution in [0.5, 0.6) is 0 Å². The van der Waals surface area contributed by atoms with Crippen LogP contribution in [0.3, 0.4) is 0 Å². The van der Waals surface area contributed by atoms with Crippen molar-refractivity contribution in [1.29, 1.82) is 0 Å². The number of rotatable bonds is 11. The van der Waals surface area contributed by atoms with Gasteiger partial charge in [0.2, 0.25) is 5.95 Å². The Kier molecular flexibility index (Phi) is 8.35. The van der Waals surface area contributed by atoms with Crippen LogP contribution in [0.25, 0.3) is 22.8 Å². The van der Waals surface area contributed by atoms with E-state index in [4.69, 9.17) is 4.98 Å². The second-order valence-corrected chi connectivity index (χ2v) is 12.6. The van der Waals surface area contributed by atoms with Crippen LogP contribution in [0.4, 0.5) is 0 Å². The van der Waals surface area contributed by atoms with Crippen molar-refractivity contribution in [3.05, 3.63) is 140 Å². The summed E-state index contributed by atoms with van der Waals surface area (Å²) in [5.74, 6) is 3.35. The molecule has 5 aromatic heterocycles. The molecule has 3 N–H and O–H groups in total. The summed E-state index contributed by atoms with van der Waals surface area (Å²) in [6.45, 7) is 1.93. The summed E-state index contributed by atoms with van der Waals surface area (Å²) < 4.78 is 2.82. The summed E-state index contributed by atoms with van der Waals surface area (Å²) in [5.41, 5.74) is 5.29. The van der Waals surface area contributed by atoms with Gasteiger partial charge in [-0.05, 0) is 37.3 Å². The summed E-state index contributed by atoms with van der Waals surface area (Å²) in [5, 5.41) is 6.28. The first kappa shape index (κ1) is 29.5. The van der Waals surface area contributed by atoms with Gasteiger partial charge in [-0.15, -0.1) is 23.5 Å². The molecule has 14 heteroatoms. The van der Waals surface area contributed by atoms with E-state index in [1.807, 2.05) is 67.6 Å². The summed E-state index contributed by atoms with van der Waals surface area (Å²) in [7, 11) is 0.